The van der Waals surface area contributed by atoms with Crippen LogP contribution in [0.2, 0.25) is 0 Å². The van der Waals surface area contributed by atoms with Gasteiger partial charge in [-0.2, -0.15) is 0 Å². The Morgan fingerprint density at radius 3 is 2.84 bits per heavy atom. The minimum atomic E-state index is 0.308. The molecule has 108 valence electrons. The number of nitrogens with zero attached hydrogens (tertiary/aromatic N) is 1. The van der Waals surface area contributed by atoms with Gasteiger partial charge >= 0.3 is 0 Å². The monoisotopic (exact) mass is 265 g/mol. The Labute approximate surface area is 116 Å². The van der Waals surface area contributed by atoms with Crippen LogP contribution in [0.25, 0.3) is 0 Å². The minimum Gasteiger partial charge on any atom is -0.375 e. The summed E-state index contributed by atoms with van der Waals surface area (Å²) >= 11 is 0. The maximum atomic E-state index is 12.2. The van der Waals surface area contributed by atoms with Crippen molar-refractivity contribution in [3.8, 4) is 0 Å². The number of hydrogen-bond acceptors (Lipinski definition) is 3. The third kappa shape index (κ3) is 3.19. The van der Waals surface area contributed by atoms with Crippen LogP contribution in [0.4, 0.5) is 0 Å². The Morgan fingerprint density at radius 1 is 1.05 bits per heavy atom. The lowest BCUT2D eigenvalue weighted by atomic mass is 9.88. The molecule has 0 aromatic heterocycles. The summed E-state index contributed by atoms with van der Waals surface area (Å²) in [6.07, 6.45) is 11.1. The number of rotatable bonds is 2. The fourth-order valence-corrected chi connectivity index (χ4v) is 4.11. The fourth-order valence-electron chi connectivity index (χ4n) is 4.11. The topological polar surface area (TPSA) is 29.5 Å². The molecule has 3 unspecified atom stereocenters. The molecule has 0 aromatic carbocycles. The Kier molecular flexibility index (Phi) is 4.54. The van der Waals surface area contributed by atoms with E-state index in [1.807, 2.05) is 0 Å². The number of Topliss-reactive ketones (excluding diaryl/α,β-unsaturated/α-hetero) is 1. The number of morpholine rings is 1. The normalized spacial score (nSPS) is 37.7. The van der Waals surface area contributed by atoms with Crippen LogP contribution in [0.5, 0.6) is 0 Å². The van der Waals surface area contributed by atoms with E-state index in [0.29, 0.717) is 23.8 Å². The molecule has 19 heavy (non-hydrogen) atoms. The van der Waals surface area contributed by atoms with Gasteiger partial charge in [-0.25, -0.2) is 0 Å². The van der Waals surface area contributed by atoms with Crippen LogP contribution in [0.15, 0.2) is 0 Å². The van der Waals surface area contributed by atoms with Crippen molar-refractivity contribution in [3.05, 3.63) is 0 Å². The van der Waals surface area contributed by atoms with Crippen molar-refractivity contribution in [1.29, 1.82) is 0 Å². The summed E-state index contributed by atoms with van der Waals surface area (Å²) in [5, 5.41) is 0. The van der Waals surface area contributed by atoms with Gasteiger partial charge in [0.2, 0.25) is 0 Å². The molecule has 2 saturated carbocycles. The van der Waals surface area contributed by atoms with E-state index in [-0.39, 0.29) is 0 Å². The zero-order chi connectivity index (χ0) is 13.1. The van der Waals surface area contributed by atoms with Gasteiger partial charge in [0.05, 0.1) is 12.7 Å². The van der Waals surface area contributed by atoms with Crippen molar-refractivity contribution in [1.82, 2.24) is 4.90 Å². The van der Waals surface area contributed by atoms with Gasteiger partial charge in [0, 0.05) is 31.5 Å². The molecule has 3 atom stereocenters. The van der Waals surface area contributed by atoms with Crippen molar-refractivity contribution < 1.29 is 9.53 Å². The summed E-state index contributed by atoms with van der Waals surface area (Å²) in [6.45, 7) is 2.90. The molecule has 3 rings (SSSR count). The first-order valence-corrected chi connectivity index (χ1v) is 8.23. The van der Waals surface area contributed by atoms with Crippen LogP contribution in [0.3, 0.4) is 0 Å². The number of ketones is 1. The smallest absolute Gasteiger partial charge is 0.137 e. The highest BCUT2D eigenvalue weighted by Gasteiger charge is 2.36. The summed E-state index contributed by atoms with van der Waals surface area (Å²) in [6, 6.07) is 0.596. The van der Waals surface area contributed by atoms with E-state index in [1.165, 1.54) is 38.5 Å². The Morgan fingerprint density at radius 2 is 1.89 bits per heavy atom. The number of carbonyl (C=O) groups is 1. The average Bonchev–Trinajstić information content (AvgIpc) is 2.65. The summed E-state index contributed by atoms with van der Waals surface area (Å²) in [5.41, 5.74) is 0. The van der Waals surface area contributed by atoms with E-state index < -0.39 is 0 Å². The highest BCUT2D eigenvalue weighted by Crippen LogP contribution is 2.30. The van der Waals surface area contributed by atoms with Crippen LogP contribution < -0.4 is 0 Å². The van der Waals surface area contributed by atoms with Gasteiger partial charge in [0.1, 0.15) is 5.78 Å². The number of fused-ring (bicyclic) bond motifs is 1. The van der Waals surface area contributed by atoms with E-state index in [1.54, 1.807) is 0 Å². The van der Waals surface area contributed by atoms with Gasteiger partial charge in [-0.3, -0.25) is 9.69 Å². The molecule has 1 heterocycles. The zero-order valence-corrected chi connectivity index (χ0v) is 12.0. The summed E-state index contributed by atoms with van der Waals surface area (Å²) in [7, 11) is 0. The van der Waals surface area contributed by atoms with E-state index in [0.717, 1.165) is 39.0 Å². The molecular formula is C16H27NO2. The van der Waals surface area contributed by atoms with Crippen LogP contribution in [0.1, 0.15) is 57.8 Å². The molecular weight excluding hydrogens is 238 g/mol. The lowest BCUT2D eigenvalue weighted by Gasteiger charge is -2.44. The first kappa shape index (κ1) is 13.6. The Bertz CT molecular complexity index is 316. The highest BCUT2D eigenvalue weighted by atomic mass is 16.5. The third-order valence-electron chi connectivity index (χ3n) is 5.23. The second kappa shape index (κ2) is 6.36. The SMILES string of the molecule is O=C1CCCCCC1CN1CCOC2CCCCC21. The predicted octanol–water partition coefficient (Wildman–Crippen LogP) is 2.78. The Hall–Kier alpha value is -0.410. The molecule has 0 radical (unpaired) electrons. The number of ether oxygens (including phenoxy) is 1. The molecule has 2 aliphatic carbocycles. The number of hydrogen-bond donors (Lipinski definition) is 0. The van der Waals surface area contributed by atoms with E-state index in [4.69, 9.17) is 4.74 Å². The molecule has 0 amide bonds. The highest BCUT2D eigenvalue weighted by molar-refractivity contribution is 5.81. The first-order valence-electron chi connectivity index (χ1n) is 8.23. The third-order valence-corrected chi connectivity index (χ3v) is 5.23. The Balaban J connectivity index is 1.62. The molecule has 1 saturated heterocycles. The summed E-state index contributed by atoms with van der Waals surface area (Å²) in [5.74, 6) is 0.833. The van der Waals surface area contributed by atoms with Gasteiger partial charge < -0.3 is 4.74 Å². The molecule has 0 bridgehead atoms. The average molecular weight is 265 g/mol. The van der Waals surface area contributed by atoms with E-state index >= 15 is 0 Å². The zero-order valence-electron chi connectivity index (χ0n) is 12.0. The van der Waals surface area contributed by atoms with Gasteiger partial charge in [0.15, 0.2) is 0 Å². The number of carbonyl (C=O) groups excluding carboxylic acids is 1. The first-order chi connectivity index (χ1) is 9.34. The van der Waals surface area contributed by atoms with Gasteiger partial charge in [-0.05, 0) is 25.7 Å². The maximum absolute atomic E-state index is 12.2. The van der Waals surface area contributed by atoms with Crippen LogP contribution in [-0.2, 0) is 9.53 Å². The van der Waals surface area contributed by atoms with Gasteiger partial charge in [0.25, 0.3) is 0 Å². The molecule has 0 aromatic rings. The largest absolute Gasteiger partial charge is 0.375 e. The molecule has 3 nitrogen and oxygen atoms in total. The van der Waals surface area contributed by atoms with Crippen LogP contribution in [-0.4, -0.2) is 42.5 Å². The molecule has 3 aliphatic rings. The van der Waals surface area contributed by atoms with E-state index in [2.05, 4.69) is 4.90 Å². The van der Waals surface area contributed by atoms with Gasteiger partial charge in [-0.15, -0.1) is 0 Å². The van der Waals surface area contributed by atoms with Crippen molar-refractivity contribution in [2.75, 3.05) is 19.7 Å². The minimum absolute atomic E-state index is 0.308. The second-order valence-corrected chi connectivity index (χ2v) is 6.52. The quantitative estimate of drug-likeness (QED) is 0.719. The summed E-state index contributed by atoms with van der Waals surface area (Å²) < 4.78 is 5.93. The maximum Gasteiger partial charge on any atom is 0.137 e. The molecule has 1 aliphatic heterocycles. The summed E-state index contributed by atoms with van der Waals surface area (Å²) in [4.78, 5) is 14.8. The standard InChI is InChI=1S/C16H27NO2/c18-15-8-3-1-2-6-13(15)12-17-10-11-19-16-9-5-4-7-14(16)17/h13-14,16H,1-12H2. The van der Waals surface area contributed by atoms with Crippen LogP contribution in [0, 0.1) is 5.92 Å². The van der Waals surface area contributed by atoms with Crippen molar-refractivity contribution in [3.63, 3.8) is 0 Å². The second-order valence-electron chi connectivity index (χ2n) is 6.52. The fraction of sp³-hybridized carbons (Fsp3) is 0.938. The van der Waals surface area contributed by atoms with Gasteiger partial charge in [-0.1, -0.05) is 25.7 Å². The lowest BCUT2D eigenvalue weighted by Crippen LogP contribution is -2.54. The van der Waals surface area contributed by atoms with Crippen LogP contribution >= 0.6 is 0 Å². The van der Waals surface area contributed by atoms with Crippen molar-refractivity contribution in [2.24, 2.45) is 5.92 Å². The molecule has 3 heteroatoms. The lowest BCUT2D eigenvalue weighted by molar-refractivity contribution is -0.126. The molecule has 0 spiro atoms. The van der Waals surface area contributed by atoms with E-state index in [9.17, 15) is 4.79 Å². The van der Waals surface area contributed by atoms with Crippen molar-refractivity contribution in [2.45, 2.75) is 69.9 Å². The molecule has 0 N–H and O–H groups in total. The molecule has 3 fully saturated rings. The predicted molar refractivity (Wildman–Crippen MR) is 75.2 cm³/mol. The van der Waals surface area contributed by atoms with Crippen molar-refractivity contribution >= 4 is 5.78 Å².